The van der Waals surface area contributed by atoms with Crippen molar-refractivity contribution >= 4 is 16.8 Å². The molecule has 1 aliphatic rings. The van der Waals surface area contributed by atoms with Crippen LogP contribution in [0.3, 0.4) is 0 Å². The lowest BCUT2D eigenvalue weighted by atomic mass is 10.1. The fourth-order valence-corrected chi connectivity index (χ4v) is 3.70. The maximum Gasteiger partial charge on any atom is 0.253 e. The van der Waals surface area contributed by atoms with Crippen LogP contribution < -0.4 is 10.7 Å². The summed E-state index contributed by atoms with van der Waals surface area (Å²) >= 11 is 0. The molecular formula is C21H29N5O. The molecule has 1 aliphatic carbocycles. The Hall–Kier alpha value is -2.36. The van der Waals surface area contributed by atoms with Gasteiger partial charge in [0.2, 0.25) is 0 Å². The summed E-state index contributed by atoms with van der Waals surface area (Å²) in [6.07, 6.45) is 4.12. The van der Waals surface area contributed by atoms with Gasteiger partial charge in [-0.1, -0.05) is 13.8 Å². The lowest BCUT2D eigenvalue weighted by Gasteiger charge is -2.26. The molecule has 6 heteroatoms. The summed E-state index contributed by atoms with van der Waals surface area (Å²) in [5.41, 5.74) is 6.20. The summed E-state index contributed by atoms with van der Waals surface area (Å²) in [6, 6.07) is 7.79. The SMILES string of the molecule is CCCN(NCC)C(=O)C(C)NCC1CC1c1c[nH]c2ccc(C#N)cc12. The van der Waals surface area contributed by atoms with Gasteiger partial charge in [-0.05, 0) is 61.9 Å². The van der Waals surface area contributed by atoms with Crippen LogP contribution in [0.25, 0.3) is 10.9 Å². The normalized spacial score (nSPS) is 19.6. The number of hydrogen-bond donors (Lipinski definition) is 3. The number of amides is 1. The maximum atomic E-state index is 12.6. The first-order valence-corrected chi connectivity index (χ1v) is 9.88. The molecule has 1 aromatic carbocycles. The summed E-state index contributed by atoms with van der Waals surface area (Å²) in [5.74, 6) is 1.12. The van der Waals surface area contributed by atoms with Crippen LogP contribution in [0.5, 0.6) is 0 Å². The molecule has 1 heterocycles. The molecule has 0 aliphatic heterocycles. The second-order valence-electron chi connectivity index (χ2n) is 7.35. The molecule has 0 radical (unpaired) electrons. The van der Waals surface area contributed by atoms with Crippen LogP contribution in [0.1, 0.15) is 50.7 Å². The van der Waals surface area contributed by atoms with Crippen molar-refractivity contribution in [2.24, 2.45) is 5.92 Å². The molecule has 1 amide bonds. The van der Waals surface area contributed by atoms with Crippen molar-refractivity contribution in [3.8, 4) is 6.07 Å². The summed E-state index contributed by atoms with van der Waals surface area (Å²) in [4.78, 5) is 15.9. The summed E-state index contributed by atoms with van der Waals surface area (Å²) in [7, 11) is 0. The number of benzene rings is 1. The molecule has 3 atom stereocenters. The first kappa shape index (κ1) is 19.4. The highest BCUT2D eigenvalue weighted by Gasteiger charge is 2.39. The van der Waals surface area contributed by atoms with Crippen LogP contribution in [0, 0.1) is 17.2 Å². The molecule has 6 nitrogen and oxygen atoms in total. The van der Waals surface area contributed by atoms with E-state index in [1.165, 1.54) is 5.56 Å². The van der Waals surface area contributed by atoms with E-state index < -0.39 is 0 Å². The quantitative estimate of drug-likeness (QED) is 0.595. The number of rotatable bonds is 9. The highest BCUT2D eigenvalue weighted by Crippen LogP contribution is 2.49. The Labute approximate surface area is 160 Å². The molecule has 0 spiro atoms. The lowest BCUT2D eigenvalue weighted by molar-refractivity contribution is -0.136. The third-order valence-corrected chi connectivity index (χ3v) is 5.28. The van der Waals surface area contributed by atoms with E-state index in [2.05, 4.69) is 34.9 Å². The second-order valence-corrected chi connectivity index (χ2v) is 7.35. The number of carbonyl (C=O) groups excluding carboxylic acids is 1. The summed E-state index contributed by atoms with van der Waals surface area (Å²) in [5, 5.41) is 15.4. The van der Waals surface area contributed by atoms with Gasteiger partial charge in [0.15, 0.2) is 0 Å². The average molecular weight is 367 g/mol. The van der Waals surface area contributed by atoms with Gasteiger partial charge in [0, 0.05) is 30.2 Å². The van der Waals surface area contributed by atoms with Gasteiger partial charge in [-0.3, -0.25) is 9.80 Å². The molecule has 144 valence electrons. The van der Waals surface area contributed by atoms with E-state index in [1.807, 2.05) is 32.0 Å². The standard InChI is InChI=1S/C21H29N5O/c1-4-8-26(25-5-2)21(27)14(3)23-12-16-10-17(16)19-13-24-20-7-6-15(11-22)9-18(19)20/h6-7,9,13-14,16-17,23-25H,4-5,8,10,12H2,1-3H3. The average Bonchev–Trinajstić information content (AvgIpc) is 3.33. The number of nitrogens with zero attached hydrogens (tertiary/aromatic N) is 2. The van der Waals surface area contributed by atoms with Gasteiger partial charge in [0.1, 0.15) is 0 Å². The molecule has 1 saturated carbocycles. The van der Waals surface area contributed by atoms with Crippen LogP contribution in [0.4, 0.5) is 0 Å². The van der Waals surface area contributed by atoms with E-state index in [4.69, 9.17) is 5.26 Å². The number of nitrogens with one attached hydrogen (secondary N) is 3. The van der Waals surface area contributed by atoms with Crippen molar-refractivity contribution in [3.05, 3.63) is 35.5 Å². The van der Waals surface area contributed by atoms with Gasteiger partial charge in [0.05, 0.1) is 17.7 Å². The fourth-order valence-electron chi connectivity index (χ4n) is 3.70. The highest BCUT2D eigenvalue weighted by molar-refractivity contribution is 5.85. The van der Waals surface area contributed by atoms with E-state index in [0.717, 1.165) is 43.4 Å². The number of H-pyrrole nitrogens is 1. The van der Waals surface area contributed by atoms with Crippen molar-refractivity contribution in [1.29, 1.82) is 5.26 Å². The minimum atomic E-state index is -0.204. The number of hydrazine groups is 1. The third-order valence-electron chi connectivity index (χ3n) is 5.28. The third kappa shape index (κ3) is 4.32. The predicted molar refractivity (Wildman–Crippen MR) is 107 cm³/mol. The molecule has 27 heavy (non-hydrogen) atoms. The molecule has 3 rings (SSSR count). The number of nitriles is 1. The molecular weight excluding hydrogens is 338 g/mol. The van der Waals surface area contributed by atoms with Crippen LogP contribution in [-0.4, -0.2) is 41.6 Å². The van der Waals surface area contributed by atoms with Gasteiger partial charge in [-0.15, -0.1) is 0 Å². The van der Waals surface area contributed by atoms with E-state index >= 15 is 0 Å². The van der Waals surface area contributed by atoms with E-state index in [0.29, 0.717) is 17.4 Å². The number of aromatic amines is 1. The molecule has 0 bridgehead atoms. The number of fused-ring (bicyclic) bond motifs is 1. The van der Waals surface area contributed by atoms with Crippen LogP contribution in [0.15, 0.2) is 24.4 Å². The van der Waals surface area contributed by atoms with Gasteiger partial charge >= 0.3 is 0 Å². The van der Waals surface area contributed by atoms with Crippen LogP contribution in [-0.2, 0) is 4.79 Å². The number of hydrogen-bond acceptors (Lipinski definition) is 4. The number of carbonyl (C=O) groups is 1. The van der Waals surface area contributed by atoms with E-state index in [9.17, 15) is 4.79 Å². The zero-order valence-electron chi connectivity index (χ0n) is 16.4. The van der Waals surface area contributed by atoms with Crippen molar-refractivity contribution in [3.63, 3.8) is 0 Å². The molecule has 1 fully saturated rings. The van der Waals surface area contributed by atoms with Crippen molar-refractivity contribution < 1.29 is 4.79 Å². The van der Waals surface area contributed by atoms with Gasteiger partial charge < -0.3 is 10.3 Å². The Morgan fingerprint density at radius 2 is 2.26 bits per heavy atom. The minimum Gasteiger partial charge on any atom is -0.361 e. The molecule has 1 aromatic heterocycles. The van der Waals surface area contributed by atoms with Gasteiger partial charge in [-0.2, -0.15) is 5.26 Å². The van der Waals surface area contributed by atoms with Crippen LogP contribution in [0.2, 0.25) is 0 Å². The Bertz CT molecular complexity index is 831. The van der Waals surface area contributed by atoms with E-state index in [-0.39, 0.29) is 11.9 Å². The van der Waals surface area contributed by atoms with Crippen molar-refractivity contribution in [2.75, 3.05) is 19.6 Å². The molecule has 3 N–H and O–H groups in total. The predicted octanol–water partition coefficient (Wildman–Crippen LogP) is 2.88. The molecule has 2 aromatic rings. The first-order valence-electron chi connectivity index (χ1n) is 9.88. The van der Waals surface area contributed by atoms with Crippen molar-refractivity contribution in [1.82, 2.24) is 20.7 Å². The molecule has 0 saturated heterocycles. The lowest BCUT2D eigenvalue weighted by Crippen LogP contribution is -2.51. The first-order chi connectivity index (χ1) is 13.1. The Balaban J connectivity index is 1.57. The summed E-state index contributed by atoms with van der Waals surface area (Å²) in [6.45, 7) is 8.31. The van der Waals surface area contributed by atoms with E-state index in [1.54, 1.807) is 5.01 Å². The fraction of sp³-hybridized carbons (Fsp3) is 0.524. The van der Waals surface area contributed by atoms with Gasteiger partial charge in [0.25, 0.3) is 5.91 Å². The summed E-state index contributed by atoms with van der Waals surface area (Å²) < 4.78 is 0. The molecule has 3 unspecified atom stereocenters. The zero-order chi connectivity index (χ0) is 19.4. The smallest absolute Gasteiger partial charge is 0.253 e. The minimum absolute atomic E-state index is 0.0988. The second kappa shape index (κ2) is 8.55. The Morgan fingerprint density at radius 3 is 2.96 bits per heavy atom. The van der Waals surface area contributed by atoms with Gasteiger partial charge in [-0.25, -0.2) is 5.43 Å². The topological polar surface area (TPSA) is 84.0 Å². The highest BCUT2D eigenvalue weighted by atomic mass is 16.2. The largest absolute Gasteiger partial charge is 0.361 e. The Morgan fingerprint density at radius 1 is 1.44 bits per heavy atom. The maximum absolute atomic E-state index is 12.6. The zero-order valence-corrected chi connectivity index (χ0v) is 16.4. The monoisotopic (exact) mass is 367 g/mol. The van der Waals surface area contributed by atoms with Crippen LogP contribution >= 0.6 is 0 Å². The van der Waals surface area contributed by atoms with Crippen molar-refractivity contribution in [2.45, 2.75) is 45.6 Å². The number of aromatic nitrogens is 1. The Kier molecular flexibility index (Phi) is 6.15.